The molecule has 160 valence electrons. The molecule has 1 aliphatic heterocycles. The third-order valence-corrected chi connectivity index (χ3v) is 6.39. The van der Waals surface area contributed by atoms with Crippen LogP contribution in [-0.4, -0.2) is 40.8 Å². The summed E-state index contributed by atoms with van der Waals surface area (Å²) < 4.78 is 3.48. The number of phenols is 1. The van der Waals surface area contributed by atoms with E-state index in [1.165, 1.54) is 0 Å². The van der Waals surface area contributed by atoms with E-state index < -0.39 is 0 Å². The van der Waals surface area contributed by atoms with Crippen LogP contribution >= 0.6 is 12.6 Å². The smallest absolute Gasteiger partial charge is 0.261 e. The molecule has 0 aliphatic carbocycles. The Morgan fingerprint density at radius 1 is 1.39 bits per heavy atom. The standard InChI is InChI=1S/C22H24N6O2S/c1-12-18-13(11-27(3)26-18)8-15(19(12)29)20-23-10-16-17(25-20)5-7-28(21(16)30)14-4-6-24-22(2,31)9-14/h5,7-8,10-11,14,24,29,31H,4,6,9H2,1-3H3/t14-,22+/m0/s1. The van der Waals surface area contributed by atoms with Gasteiger partial charge in [0, 0.05) is 42.6 Å². The molecule has 1 fully saturated rings. The minimum atomic E-state index is -0.308. The van der Waals surface area contributed by atoms with Crippen LogP contribution in [0.5, 0.6) is 5.75 Å². The van der Waals surface area contributed by atoms with Gasteiger partial charge in [0.05, 0.1) is 26.9 Å². The monoisotopic (exact) mass is 436 g/mol. The van der Waals surface area contributed by atoms with Crippen molar-refractivity contribution in [1.82, 2.24) is 29.6 Å². The Labute approximate surface area is 184 Å². The molecule has 3 aromatic heterocycles. The van der Waals surface area contributed by atoms with Crippen LogP contribution in [0.25, 0.3) is 33.2 Å². The average molecular weight is 437 g/mol. The normalized spacial score (nSPS) is 21.7. The molecular weight excluding hydrogens is 412 g/mol. The van der Waals surface area contributed by atoms with Crippen molar-refractivity contribution in [2.45, 2.75) is 37.6 Å². The SMILES string of the molecule is Cc1c(O)c(-c2ncc3c(=O)n([C@H]4CCN[C@](C)(S)C4)ccc3n2)cc2cn(C)nc12. The molecule has 0 amide bonds. The molecule has 4 heterocycles. The van der Waals surface area contributed by atoms with Crippen molar-refractivity contribution in [2.75, 3.05) is 6.54 Å². The van der Waals surface area contributed by atoms with Crippen molar-refractivity contribution in [3.05, 3.63) is 46.6 Å². The molecule has 0 saturated carbocycles. The van der Waals surface area contributed by atoms with Crippen LogP contribution in [0, 0.1) is 6.92 Å². The van der Waals surface area contributed by atoms with Gasteiger partial charge < -0.3 is 15.0 Å². The van der Waals surface area contributed by atoms with Gasteiger partial charge in [0.15, 0.2) is 5.82 Å². The molecule has 0 unspecified atom stereocenters. The highest BCUT2D eigenvalue weighted by molar-refractivity contribution is 7.81. The van der Waals surface area contributed by atoms with Crippen molar-refractivity contribution in [1.29, 1.82) is 0 Å². The Morgan fingerprint density at radius 3 is 2.97 bits per heavy atom. The quantitative estimate of drug-likeness (QED) is 0.418. The van der Waals surface area contributed by atoms with Crippen LogP contribution in [-0.2, 0) is 7.05 Å². The number of nitrogens with zero attached hydrogens (tertiary/aromatic N) is 5. The maximum Gasteiger partial charge on any atom is 0.261 e. The molecule has 0 radical (unpaired) electrons. The Morgan fingerprint density at radius 2 is 2.19 bits per heavy atom. The fourth-order valence-electron chi connectivity index (χ4n) is 4.45. The summed E-state index contributed by atoms with van der Waals surface area (Å²) in [5.41, 5.74) is 2.38. The van der Waals surface area contributed by atoms with E-state index in [1.807, 2.05) is 39.2 Å². The summed E-state index contributed by atoms with van der Waals surface area (Å²) in [6.07, 6.45) is 6.85. The lowest BCUT2D eigenvalue weighted by Crippen LogP contribution is -2.46. The molecule has 1 saturated heterocycles. The minimum Gasteiger partial charge on any atom is -0.507 e. The van der Waals surface area contributed by atoms with E-state index in [2.05, 4.69) is 33.0 Å². The predicted octanol–water partition coefficient (Wildman–Crippen LogP) is 2.93. The molecule has 0 spiro atoms. The summed E-state index contributed by atoms with van der Waals surface area (Å²) in [5, 5.41) is 19.9. The van der Waals surface area contributed by atoms with Crippen molar-refractivity contribution < 1.29 is 5.11 Å². The zero-order valence-corrected chi connectivity index (χ0v) is 18.5. The predicted molar refractivity (Wildman–Crippen MR) is 124 cm³/mol. The highest BCUT2D eigenvalue weighted by Crippen LogP contribution is 2.35. The summed E-state index contributed by atoms with van der Waals surface area (Å²) in [7, 11) is 1.84. The molecule has 2 N–H and O–H groups in total. The molecular formula is C22H24N6O2S. The first-order valence-electron chi connectivity index (χ1n) is 10.2. The van der Waals surface area contributed by atoms with E-state index in [4.69, 9.17) is 0 Å². The van der Waals surface area contributed by atoms with Gasteiger partial charge in [-0.2, -0.15) is 17.7 Å². The highest BCUT2D eigenvalue weighted by Gasteiger charge is 2.30. The van der Waals surface area contributed by atoms with Gasteiger partial charge in [-0.05, 0) is 45.4 Å². The van der Waals surface area contributed by atoms with Crippen molar-refractivity contribution in [3.8, 4) is 17.1 Å². The number of aromatic nitrogens is 5. The summed E-state index contributed by atoms with van der Waals surface area (Å²) in [4.78, 5) is 21.9. The first-order valence-corrected chi connectivity index (χ1v) is 10.7. The van der Waals surface area contributed by atoms with E-state index in [0.29, 0.717) is 27.9 Å². The van der Waals surface area contributed by atoms with Crippen LogP contribution in [0.1, 0.15) is 31.4 Å². The number of nitrogens with one attached hydrogen (secondary N) is 1. The molecule has 0 bridgehead atoms. The molecule has 1 aromatic carbocycles. The molecule has 5 rings (SSSR count). The average Bonchev–Trinajstić information content (AvgIpc) is 3.10. The van der Waals surface area contributed by atoms with Crippen LogP contribution in [0.15, 0.2) is 35.5 Å². The molecule has 2 atom stereocenters. The molecule has 8 nitrogen and oxygen atoms in total. The minimum absolute atomic E-state index is 0.0695. The third-order valence-electron chi connectivity index (χ3n) is 6.05. The van der Waals surface area contributed by atoms with Gasteiger partial charge in [-0.1, -0.05) is 0 Å². The number of fused-ring (bicyclic) bond motifs is 2. The highest BCUT2D eigenvalue weighted by atomic mass is 32.1. The number of hydrogen-bond acceptors (Lipinski definition) is 7. The summed E-state index contributed by atoms with van der Waals surface area (Å²) in [6, 6.07) is 3.74. The number of aromatic hydroxyl groups is 1. The van der Waals surface area contributed by atoms with Gasteiger partial charge in [-0.25, -0.2) is 9.97 Å². The van der Waals surface area contributed by atoms with E-state index >= 15 is 0 Å². The van der Waals surface area contributed by atoms with Gasteiger partial charge in [0.2, 0.25) is 0 Å². The Bertz CT molecular complexity index is 1390. The van der Waals surface area contributed by atoms with Crippen molar-refractivity contribution in [3.63, 3.8) is 0 Å². The number of piperidine rings is 1. The largest absolute Gasteiger partial charge is 0.507 e. The topological polar surface area (TPSA) is 97.9 Å². The summed E-state index contributed by atoms with van der Waals surface area (Å²) in [5.74, 6) is 0.475. The Kier molecular flexibility index (Phi) is 4.56. The lowest BCUT2D eigenvalue weighted by Gasteiger charge is -2.36. The number of hydrogen-bond donors (Lipinski definition) is 3. The van der Waals surface area contributed by atoms with Gasteiger partial charge in [-0.15, -0.1) is 0 Å². The van der Waals surface area contributed by atoms with Gasteiger partial charge in [-0.3, -0.25) is 9.48 Å². The molecule has 1 aliphatic rings. The number of aryl methyl sites for hydroxylation is 2. The number of benzene rings is 1. The molecule has 4 aromatic rings. The van der Waals surface area contributed by atoms with Crippen LogP contribution in [0.3, 0.4) is 0 Å². The first kappa shape index (κ1) is 20.0. The van der Waals surface area contributed by atoms with Crippen molar-refractivity contribution in [2.24, 2.45) is 7.05 Å². The number of thiol groups is 1. The fourth-order valence-corrected chi connectivity index (χ4v) is 4.78. The lowest BCUT2D eigenvalue weighted by atomic mass is 9.99. The second-order valence-corrected chi connectivity index (χ2v) is 9.49. The van der Waals surface area contributed by atoms with Crippen LogP contribution in [0.4, 0.5) is 0 Å². The Balaban J connectivity index is 1.60. The lowest BCUT2D eigenvalue weighted by molar-refractivity contribution is 0.288. The maximum atomic E-state index is 13.2. The third kappa shape index (κ3) is 3.37. The summed E-state index contributed by atoms with van der Waals surface area (Å²) in [6.45, 7) is 4.65. The zero-order valence-electron chi connectivity index (χ0n) is 17.6. The first-order chi connectivity index (χ1) is 14.7. The zero-order chi connectivity index (χ0) is 21.9. The van der Waals surface area contributed by atoms with Crippen LogP contribution in [0.2, 0.25) is 0 Å². The van der Waals surface area contributed by atoms with Crippen LogP contribution < -0.4 is 10.9 Å². The number of rotatable bonds is 2. The van der Waals surface area contributed by atoms with E-state index in [-0.39, 0.29) is 22.2 Å². The summed E-state index contributed by atoms with van der Waals surface area (Å²) >= 11 is 4.65. The Hall–Kier alpha value is -2.91. The fraction of sp³-hybridized carbons (Fsp3) is 0.364. The van der Waals surface area contributed by atoms with Gasteiger partial charge >= 0.3 is 0 Å². The van der Waals surface area contributed by atoms with Crippen molar-refractivity contribution >= 4 is 34.4 Å². The maximum absolute atomic E-state index is 13.2. The van der Waals surface area contributed by atoms with Gasteiger partial charge in [0.1, 0.15) is 5.75 Å². The second-order valence-electron chi connectivity index (χ2n) is 8.51. The molecule has 9 heteroatoms. The number of phenolic OH excluding ortho intramolecular Hbond substituents is 1. The van der Waals surface area contributed by atoms with E-state index in [0.717, 1.165) is 30.3 Å². The second kappa shape index (κ2) is 7.06. The molecule has 31 heavy (non-hydrogen) atoms. The number of pyridine rings is 1. The van der Waals surface area contributed by atoms with E-state index in [1.54, 1.807) is 21.6 Å². The van der Waals surface area contributed by atoms with E-state index in [9.17, 15) is 9.90 Å². The van der Waals surface area contributed by atoms with Gasteiger partial charge in [0.25, 0.3) is 5.56 Å².